The molecule has 2 aromatic carbocycles. The number of hydrogen-bond donors (Lipinski definition) is 0. The third-order valence-corrected chi connectivity index (χ3v) is 5.33. The molecule has 2 atom stereocenters. The fourth-order valence-electron chi connectivity index (χ4n) is 3.82. The zero-order valence-electron chi connectivity index (χ0n) is 16.4. The van der Waals surface area contributed by atoms with E-state index in [-0.39, 0.29) is 24.1 Å². The lowest BCUT2D eigenvalue weighted by atomic mass is 9.83. The molecule has 1 aliphatic rings. The Bertz CT molecular complexity index is 751. The molecule has 1 fully saturated rings. The topological polar surface area (TPSA) is 52.6 Å². The SMILES string of the molecule is CC(CC(OC(=O)c1ccccc1)C1CCCCC1)OC(=O)c1ccccc1. The van der Waals surface area contributed by atoms with Crippen LogP contribution in [0.2, 0.25) is 0 Å². The summed E-state index contributed by atoms with van der Waals surface area (Å²) in [4.78, 5) is 24.9. The molecule has 4 nitrogen and oxygen atoms in total. The fourth-order valence-corrected chi connectivity index (χ4v) is 3.82. The third kappa shape index (κ3) is 5.69. The molecule has 1 aliphatic carbocycles. The van der Waals surface area contributed by atoms with Crippen molar-refractivity contribution in [1.82, 2.24) is 0 Å². The van der Waals surface area contributed by atoms with E-state index >= 15 is 0 Å². The molecule has 2 aromatic rings. The molecule has 0 spiro atoms. The Hall–Kier alpha value is -2.62. The van der Waals surface area contributed by atoms with E-state index in [9.17, 15) is 9.59 Å². The van der Waals surface area contributed by atoms with Gasteiger partial charge in [-0.05, 0) is 49.9 Å². The quantitative estimate of drug-likeness (QED) is 0.601. The van der Waals surface area contributed by atoms with Gasteiger partial charge in [-0.25, -0.2) is 9.59 Å². The van der Waals surface area contributed by atoms with Crippen molar-refractivity contribution in [3.8, 4) is 0 Å². The zero-order valence-corrected chi connectivity index (χ0v) is 16.4. The van der Waals surface area contributed by atoms with Crippen molar-refractivity contribution < 1.29 is 19.1 Å². The number of esters is 2. The summed E-state index contributed by atoms with van der Waals surface area (Å²) in [7, 11) is 0. The maximum absolute atomic E-state index is 12.6. The summed E-state index contributed by atoms with van der Waals surface area (Å²) in [6.07, 6.45) is 5.58. The molecule has 2 unspecified atom stereocenters. The van der Waals surface area contributed by atoms with Gasteiger partial charge >= 0.3 is 11.9 Å². The lowest BCUT2D eigenvalue weighted by Gasteiger charge is -2.31. The van der Waals surface area contributed by atoms with Crippen molar-refractivity contribution in [2.24, 2.45) is 5.92 Å². The number of hydrogen-bond acceptors (Lipinski definition) is 4. The van der Waals surface area contributed by atoms with Gasteiger partial charge in [0.1, 0.15) is 12.2 Å². The molecule has 0 aromatic heterocycles. The molecular weight excluding hydrogens is 352 g/mol. The van der Waals surface area contributed by atoms with Gasteiger partial charge in [0.25, 0.3) is 0 Å². The van der Waals surface area contributed by atoms with Gasteiger partial charge in [-0.15, -0.1) is 0 Å². The Morgan fingerprint density at radius 1 is 0.821 bits per heavy atom. The van der Waals surface area contributed by atoms with E-state index in [0.29, 0.717) is 23.5 Å². The molecule has 0 N–H and O–H groups in total. The van der Waals surface area contributed by atoms with E-state index in [0.717, 1.165) is 25.7 Å². The van der Waals surface area contributed by atoms with Crippen LogP contribution >= 0.6 is 0 Å². The second-order valence-electron chi connectivity index (χ2n) is 7.53. The Morgan fingerprint density at radius 2 is 1.32 bits per heavy atom. The van der Waals surface area contributed by atoms with Crippen LogP contribution in [0, 0.1) is 5.92 Å². The molecule has 0 saturated heterocycles. The molecule has 28 heavy (non-hydrogen) atoms. The first-order valence-corrected chi connectivity index (χ1v) is 10.2. The van der Waals surface area contributed by atoms with Crippen molar-refractivity contribution >= 4 is 11.9 Å². The number of rotatable bonds is 7. The van der Waals surface area contributed by atoms with Crippen LogP contribution in [0.25, 0.3) is 0 Å². The number of carbonyl (C=O) groups excluding carboxylic acids is 2. The van der Waals surface area contributed by atoms with E-state index in [1.807, 2.05) is 43.3 Å². The average molecular weight is 380 g/mol. The highest BCUT2D eigenvalue weighted by molar-refractivity contribution is 5.90. The van der Waals surface area contributed by atoms with Gasteiger partial charge in [-0.3, -0.25) is 0 Å². The van der Waals surface area contributed by atoms with Crippen LogP contribution in [-0.2, 0) is 9.47 Å². The van der Waals surface area contributed by atoms with Crippen LogP contribution in [0.5, 0.6) is 0 Å². The highest BCUT2D eigenvalue weighted by Crippen LogP contribution is 2.31. The van der Waals surface area contributed by atoms with Gasteiger partial charge in [0.15, 0.2) is 0 Å². The van der Waals surface area contributed by atoms with Gasteiger partial charge in [0.05, 0.1) is 11.1 Å². The molecule has 0 heterocycles. The molecule has 148 valence electrons. The van der Waals surface area contributed by atoms with Crippen LogP contribution in [0.15, 0.2) is 60.7 Å². The number of benzene rings is 2. The molecule has 0 bridgehead atoms. The van der Waals surface area contributed by atoms with Crippen molar-refractivity contribution in [3.63, 3.8) is 0 Å². The maximum Gasteiger partial charge on any atom is 0.338 e. The molecule has 0 aliphatic heterocycles. The van der Waals surface area contributed by atoms with Crippen molar-refractivity contribution in [2.75, 3.05) is 0 Å². The summed E-state index contributed by atoms with van der Waals surface area (Å²) in [5.41, 5.74) is 1.09. The summed E-state index contributed by atoms with van der Waals surface area (Å²) in [5, 5.41) is 0. The van der Waals surface area contributed by atoms with Gasteiger partial charge in [-0.1, -0.05) is 55.7 Å². The van der Waals surface area contributed by atoms with Crippen LogP contribution in [-0.4, -0.2) is 24.1 Å². The lowest BCUT2D eigenvalue weighted by molar-refractivity contribution is -0.0177. The second kappa shape index (κ2) is 10.1. The monoisotopic (exact) mass is 380 g/mol. The second-order valence-corrected chi connectivity index (χ2v) is 7.53. The van der Waals surface area contributed by atoms with E-state index < -0.39 is 0 Å². The van der Waals surface area contributed by atoms with Crippen LogP contribution in [0.1, 0.15) is 66.2 Å². The van der Waals surface area contributed by atoms with Gasteiger partial charge in [-0.2, -0.15) is 0 Å². The van der Waals surface area contributed by atoms with Gasteiger partial charge < -0.3 is 9.47 Å². The summed E-state index contributed by atoms with van der Waals surface area (Å²) in [6.45, 7) is 1.87. The highest BCUT2D eigenvalue weighted by Gasteiger charge is 2.30. The van der Waals surface area contributed by atoms with Crippen LogP contribution in [0.3, 0.4) is 0 Å². The fraction of sp³-hybridized carbons (Fsp3) is 0.417. The van der Waals surface area contributed by atoms with E-state index in [4.69, 9.17) is 9.47 Å². The predicted molar refractivity (Wildman–Crippen MR) is 108 cm³/mol. The first kappa shape index (κ1) is 20.1. The molecule has 0 amide bonds. The van der Waals surface area contributed by atoms with Crippen LogP contribution < -0.4 is 0 Å². The smallest absolute Gasteiger partial charge is 0.338 e. The normalized spacial score (nSPS) is 16.8. The standard InChI is InChI=1S/C24H28O4/c1-18(27-23(25)20-13-7-3-8-14-20)17-22(19-11-5-2-6-12-19)28-24(26)21-15-9-4-10-16-21/h3-4,7-10,13-16,18-19,22H,2,5-6,11-12,17H2,1H3. The molecule has 4 heteroatoms. The number of carbonyl (C=O) groups is 2. The van der Waals surface area contributed by atoms with Crippen molar-refractivity contribution in [1.29, 1.82) is 0 Å². The first-order valence-electron chi connectivity index (χ1n) is 10.2. The molecule has 0 radical (unpaired) electrons. The Balaban J connectivity index is 1.64. The molecular formula is C24H28O4. The van der Waals surface area contributed by atoms with E-state index in [2.05, 4.69) is 0 Å². The minimum atomic E-state index is -0.343. The van der Waals surface area contributed by atoms with E-state index in [1.54, 1.807) is 24.3 Å². The highest BCUT2D eigenvalue weighted by atomic mass is 16.6. The first-order chi connectivity index (χ1) is 13.6. The third-order valence-electron chi connectivity index (χ3n) is 5.33. The molecule has 3 rings (SSSR count). The Kier molecular flexibility index (Phi) is 7.24. The minimum Gasteiger partial charge on any atom is -0.459 e. The number of ether oxygens (including phenoxy) is 2. The van der Waals surface area contributed by atoms with Crippen molar-refractivity contribution in [2.45, 2.75) is 57.7 Å². The molecule has 1 saturated carbocycles. The lowest BCUT2D eigenvalue weighted by Crippen LogP contribution is -2.33. The Labute approximate surface area is 166 Å². The predicted octanol–water partition coefficient (Wildman–Crippen LogP) is 5.43. The van der Waals surface area contributed by atoms with Gasteiger partial charge in [0.2, 0.25) is 0 Å². The minimum absolute atomic E-state index is 0.244. The largest absolute Gasteiger partial charge is 0.459 e. The Morgan fingerprint density at radius 3 is 1.86 bits per heavy atom. The van der Waals surface area contributed by atoms with E-state index in [1.165, 1.54) is 6.42 Å². The maximum atomic E-state index is 12.6. The summed E-state index contributed by atoms with van der Waals surface area (Å²) in [6, 6.07) is 18.0. The summed E-state index contributed by atoms with van der Waals surface area (Å²) in [5.74, 6) is -0.332. The zero-order chi connectivity index (χ0) is 19.8. The van der Waals surface area contributed by atoms with Crippen molar-refractivity contribution in [3.05, 3.63) is 71.8 Å². The van der Waals surface area contributed by atoms with Crippen LogP contribution in [0.4, 0.5) is 0 Å². The summed E-state index contributed by atoms with van der Waals surface area (Å²) < 4.78 is 11.5. The van der Waals surface area contributed by atoms with Gasteiger partial charge in [0, 0.05) is 6.42 Å². The summed E-state index contributed by atoms with van der Waals surface area (Å²) >= 11 is 0. The average Bonchev–Trinajstić information content (AvgIpc) is 2.75.